The number of nitrogens with zero attached hydrogens (tertiary/aromatic N) is 1. The summed E-state index contributed by atoms with van der Waals surface area (Å²) in [5.74, 6) is -1.99. The Labute approximate surface area is 151 Å². The number of carbonyl (C=O) groups excluding carboxylic acids is 2. The highest BCUT2D eigenvalue weighted by Gasteiger charge is 2.29. The Balaban J connectivity index is 2.75. The average molecular weight is 399 g/mol. The van der Waals surface area contributed by atoms with Crippen molar-refractivity contribution in [3.8, 4) is 0 Å². The summed E-state index contributed by atoms with van der Waals surface area (Å²) in [6.45, 7) is -2.48. The molecular formula is C16H19F6N3O2. The summed E-state index contributed by atoms with van der Waals surface area (Å²) in [5, 5.41) is 3.33. The molecule has 5 nitrogen and oxygen atoms in total. The predicted molar refractivity (Wildman–Crippen MR) is 84.6 cm³/mol. The van der Waals surface area contributed by atoms with E-state index < -0.39 is 50.3 Å². The third-order valence-electron chi connectivity index (χ3n) is 3.36. The first-order chi connectivity index (χ1) is 12.4. The highest BCUT2D eigenvalue weighted by molar-refractivity contribution is 5.81. The van der Waals surface area contributed by atoms with E-state index in [-0.39, 0.29) is 6.54 Å². The first kappa shape index (κ1) is 22.7. The van der Waals surface area contributed by atoms with Gasteiger partial charge in [-0.2, -0.15) is 26.3 Å². The number of halogens is 6. The van der Waals surface area contributed by atoms with E-state index in [1.807, 2.05) is 0 Å². The number of hydrogen-bond acceptors (Lipinski definition) is 3. The summed E-state index contributed by atoms with van der Waals surface area (Å²) >= 11 is 0. The highest BCUT2D eigenvalue weighted by atomic mass is 19.4. The SMILES string of the molecule is Cc1ccccc1CN(CC(=O)NCC(F)(F)F)CC(=O)NCC(F)(F)F. The third kappa shape index (κ3) is 10.4. The molecule has 0 aliphatic heterocycles. The monoisotopic (exact) mass is 399 g/mol. The number of hydrogen-bond donors (Lipinski definition) is 2. The maximum atomic E-state index is 12.2. The number of benzene rings is 1. The molecule has 27 heavy (non-hydrogen) atoms. The molecule has 0 unspecified atom stereocenters. The minimum atomic E-state index is -4.60. The maximum absolute atomic E-state index is 12.2. The number of rotatable bonds is 8. The molecule has 1 rings (SSSR count). The molecule has 0 bridgehead atoms. The summed E-state index contributed by atoms with van der Waals surface area (Å²) in [7, 11) is 0. The number of carbonyl (C=O) groups is 2. The summed E-state index contributed by atoms with van der Waals surface area (Å²) in [6, 6.07) is 6.87. The van der Waals surface area contributed by atoms with Gasteiger partial charge in [0.05, 0.1) is 13.1 Å². The van der Waals surface area contributed by atoms with Crippen molar-refractivity contribution >= 4 is 11.8 Å². The maximum Gasteiger partial charge on any atom is 0.405 e. The van der Waals surface area contributed by atoms with E-state index in [2.05, 4.69) is 0 Å². The third-order valence-corrected chi connectivity index (χ3v) is 3.36. The molecule has 0 heterocycles. The van der Waals surface area contributed by atoms with Gasteiger partial charge in [-0.15, -0.1) is 0 Å². The lowest BCUT2D eigenvalue weighted by atomic mass is 10.1. The molecule has 0 aromatic heterocycles. The van der Waals surface area contributed by atoms with Gasteiger partial charge in [-0.3, -0.25) is 14.5 Å². The Morgan fingerprint density at radius 1 is 0.889 bits per heavy atom. The van der Waals surface area contributed by atoms with Crippen molar-refractivity contribution < 1.29 is 35.9 Å². The zero-order valence-corrected chi connectivity index (χ0v) is 14.4. The van der Waals surface area contributed by atoms with E-state index >= 15 is 0 Å². The second-order valence-corrected chi connectivity index (χ2v) is 5.86. The number of alkyl halides is 6. The van der Waals surface area contributed by atoms with Crippen LogP contribution < -0.4 is 10.6 Å². The van der Waals surface area contributed by atoms with Gasteiger partial charge in [-0.25, -0.2) is 0 Å². The molecule has 1 aromatic carbocycles. The lowest BCUT2D eigenvalue weighted by Gasteiger charge is -2.22. The first-order valence-corrected chi connectivity index (χ1v) is 7.79. The van der Waals surface area contributed by atoms with E-state index in [9.17, 15) is 35.9 Å². The molecule has 0 radical (unpaired) electrons. The Kier molecular flexibility index (Phi) is 8.07. The summed E-state index contributed by atoms with van der Waals surface area (Å²) in [5.41, 5.74) is 1.48. The minimum Gasteiger partial charge on any atom is -0.346 e. The molecule has 152 valence electrons. The lowest BCUT2D eigenvalue weighted by molar-refractivity contribution is -0.141. The predicted octanol–water partition coefficient (Wildman–Crippen LogP) is 2.15. The van der Waals surface area contributed by atoms with Crippen molar-refractivity contribution in [1.82, 2.24) is 15.5 Å². The largest absolute Gasteiger partial charge is 0.405 e. The highest BCUT2D eigenvalue weighted by Crippen LogP contribution is 2.14. The average Bonchev–Trinajstić information content (AvgIpc) is 2.52. The van der Waals surface area contributed by atoms with Crippen molar-refractivity contribution in [3.63, 3.8) is 0 Å². The topological polar surface area (TPSA) is 61.4 Å². The molecule has 0 aliphatic rings. The van der Waals surface area contributed by atoms with Gasteiger partial charge >= 0.3 is 12.4 Å². The van der Waals surface area contributed by atoms with Crippen LogP contribution in [0.5, 0.6) is 0 Å². The number of nitrogens with one attached hydrogen (secondary N) is 2. The molecule has 0 saturated heterocycles. The first-order valence-electron chi connectivity index (χ1n) is 7.79. The van der Waals surface area contributed by atoms with E-state index in [0.717, 1.165) is 5.56 Å². The Morgan fingerprint density at radius 2 is 1.33 bits per heavy atom. The van der Waals surface area contributed by atoms with E-state index in [0.29, 0.717) is 5.56 Å². The van der Waals surface area contributed by atoms with Gasteiger partial charge in [-0.05, 0) is 18.1 Å². The smallest absolute Gasteiger partial charge is 0.346 e. The van der Waals surface area contributed by atoms with Crippen molar-refractivity contribution in [2.24, 2.45) is 0 Å². The number of aryl methyl sites for hydroxylation is 1. The fourth-order valence-electron chi connectivity index (χ4n) is 2.11. The zero-order chi connectivity index (χ0) is 20.7. The minimum absolute atomic E-state index is 0.00551. The second-order valence-electron chi connectivity index (χ2n) is 5.86. The summed E-state index contributed by atoms with van der Waals surface area (Å²) in [4.78, 5) is 24.6. The van der Waals surface area contributed by atoms with E-state index in [1.165, 1.54) is 4.90 Å². The Morgan fingerprint density at radius 3 is 1.74 bits per heavy atom. The van der Waals surface area contributed by atoms with Crippen LogP contribution in [0.15, 0.2) is 24.3 Å². The van der Waals surface area contributed by atoms with Crippen molar-refractivity contribution in [2.45, 2.75) is 25.8 Å². The van der Waals surface area contributed by atoms with Crippen LogP contribution in [0.4, 0.5) is 26.3 Å². The molecule has 2 amide bonds. The van der Waals surface area contributed by atoms with Crippen LogP contribution in [0, 0.1) is 6.92 Å². The Hall–Kier alpha value is -2.30. The molecule has 0 spiro atoms. The summed E-state index contributed by atoms with van der Waals surface area (Å²) in [6.07, 6.45) is -9.19. The van der Waals surface area contributed by atoms with Crippen molar-refractivity contribution in [3.05, 3.63) is 35.4 Å². The van der Waals surface area contributed by atoms with Gasteiger partial charge in [0.25, 0.3) is 0 Å². The quantitative estimate of drug-likeness (QED) is 0.659. The lowest BCUT2D eigenvalue weighted by Crippen LogP contribution is -2.45. The van der Waals surface area contributed by atoms with Gasteiger partial charge in [0.1, 0.15) is 13.1 Å². The fourth-order valence-corrected chi connectivity index (χ4v) is 2.11. The van der Waals surface area contributed by atoms with Gasteiger partial charge in [-0.1, -0.05) is 24.3 Å². The second kappa shape index (κ2) is 9.58. The molecular weight excluding hydrogens is 380 g/mol. The van der Waals surface area contributed by atoms with E-state index in [1.54, 1.807) is 41.8 Å². The van der Waals surface area contributed by atoms with Gasteiger partial charge < -0.3 is 10.6 Å². The summed E-state index contributed by atoms with van der Waals surface area (Å²) < 4.78 is 73.1. The van der Waals surface area contributed by atoms with Crippen LogP contribution in [0.1, 0.15) is 11.1 Å². The molecule has 0 fully saturated rings. The van der Waals surface area contributed by atoms with Gasteiger partial charge in [0, 0.05) is 6.54 Å². The fraction of sp³-hybridized carbons (Fsp3) is 0.500. The van der Waals surface area contributed by atoms with Crippen LogP contribution in [0.2, 0.25) is 0 Å². The molecule has 11 heteroatoms. The molecule has 1 aromatic rings. The zero-order valence-electron chi connectivity index (χ0n) is 14.4. The van der Waals surface area contributed by atoms with Gasteiger partial charge in [0.15, 0.2) is 0 Å². The molecule has 0 atom stereocenters. The van der Waals surface area contributed by atoms with Crippen LogP contribution >= 0.6 is 0 Å². The normalized spacial score (nSPS) is 12.1. The molecule has 0 saturated carbocycles. The Bertz CT molecular complexity index is 614. The molecule has 0 aliphatic carbocycles. The molecule has 2 N–H and O–H groups in total. The van der Waals surface area contributed by atoms with E-state index in [4.69, 9.17) is 0 Å². The van der Waals surface area contributed by atoms with Gasteiger partial charge in [0.2, 0.25) is 11.8 Å². The van der Waals surface area contributed by atoms with Crippen LogP contribution in [0.25, 0.3) is 0 Å². The van der Waals surface area contributed by atoms with Crippen molar-refractivity contribution in [1.29, 1.82) is 0 Å². The van der Waals surface area contributed by atoms with Crippen LogP contribution in [0.3, 0.4) is 0 Å². The van der Waals surface area contributed by atoms with Crippen LogP contribution in [-0.2, 0) is 16.1 Å². The van der Waals surface area contributed by atoms with Crippen molar-refractivity contribution in [2.75, 3.05) is 26.2 Å². The van der Waals surface area contributed by atoms with Crippen LogP contribution in [-0.4, -0.2) is 55.2 Å². The standard InChI is InChI=1S/C16H19F6N3O2/c1-11-4-2-3-5-12(11)6-25(7-13(26)23-9-15(17,18)19)8-14(27)24-10-16(20,21)22/h2-5H,6-10H2,1H3,(H,23,26)(H,24,27). The number of amides is 2.